The van der Waals surface area contributed by atoms with Gasteiger partial charge in [-0.25, -0.2) is 9.44 Å². The molecule has 1 fully saturated rings. The van der Waals surface area contributed by atoms with E-state index in [1.54, 1.807) is 0 Å². The molecule has 0 aliphatic carbocycles. The zero-order valence-corrected chi connectivity index (χ0v) is 8.49. The van der Waals surface area contributed by atoms with Gasteiger partial charge in [-0.3, -0.25) is 4.90 Å². The Bertz CT molecular complexity index is 249. The maximum absolute atomic E-state index is 10.5. The lowest BCUT2D eigenvalue weighted by atomic mass is 10.4. The lowest BCUT2D eigenvalue weighted by Gasteiger charge is -2.26. The second kappa shape index (κ2) is 5.59. The van der Waals surface area contributed by atoms with E-state index < -0.39 is 10.4 Å². The molecule has 0 aromatic rings. The van der Waals surface area contributed by atoms with E-state index in [1.165, 1.54) is 0 Å². The van der Waals surface area contributed by atoms with Crippen molar-refractivity contribution < 1.29 is 22.2 Å². The summed E-state index contributed by atoms with van der Waals surface area (Å²) < 4.78 is 28.5. The first-order chi connectivity index (χ1) is 6.64. The summed E-state index contributed by atoms with van der Waals surface area (Å²) in [6.45, 7) is 4.01. The third-order valence-electron chi connectivity index (χ3n) is 1.94. The van der Waals surface area contributed by atoms with E-state index in [0.717, 1.165) is 26.2 Å². The Morgan fingerprint density at radius 2 is 2.00 bits per heavy atom. The second-order valence-corrected chi connectivity index (χ2v) is 4.10. The highest BCUT2D eigenvalue weighted by molar-refractivity contribution is 7.81. The molecule has 0 unspecified atom stereocenters. The molecule has 1 heterocycles. The normalized spacial score (nSPS) is 19.8. The largest absolute Gasteiger partial charge is 0.426 e. The van der Waals surface area contributed by atoms with Gasteiger partial charge in [0.1, 0.15) is 0 Å². The molecular weight excluding hydrogens is 212 g/mol. The molecule has 0 amide bonds. The van der Waals surface area contributed by atoms with Gasteiger partial charge in [0.2, 0.25) is 0 Å². The molecule has 0 bridgehead atoms. The highest BCUT2D eigenvalue weighted by atomic mass is 32.3. The average molecular weight is 226 g/mol. The molecule has 0 aromatic carbocycles. The maximum Gasteiger partial charge on any atom is 0.426 e. The van der Waals surface area contributed by atoms with Crippen molar-refractivity contribution in [3.63, 3.8) is 0 Å². The number of nitrogens with zero attached hydrogens (tertiary/aromatic N) is 1. The van der Waals surface area contributed by atoms with Crippen LogP contribution in [0.1, 0.15) is 0 Å². The molecule has 0 saturated carbocycles. The SMILES string of the molecule is O=S(=O)(OO)OCCN1CCNCC1. The molecule has 0 spiro atoms. The van der Waals surface area contributed by atoms with Crippen molar-refractivity contribution in [1.82, 2.24) is 10.2 Å². The van der Waals surface area contributed by atoms with Gasteiger partial charge in [-0.05, 0) is 0 Å². The van der Waals surface area contributed by atoms with Gasteiger partial charge in [0, 0.05) is 32.7 Å². The molecule has 0 atom stereocenters. The van der Waals surface area contributed by atoms with Crippen LogP contribution in [-0.4, -0.2) is 57.9 Å². The molecule has 2 N–H and O–H groups in total. The monoisotopic (exact) mass is 226 g/mol. The minimum Gasteiger partial charge on any atom is -0.314 e. The van der Waals surface area contributed by atoms with Crippen LogP contribution >= 0.6 is 0 Å². The topological polar surface area (TPSA) is 88.1 Å². The van der Waals surface area contributed by atoms with Crippen LogP contribution in [0.4, 0.5) is 0 Å². The summed E-state index contributed by atoms with van der Waals surface area (Å²) in [7, 11) is -4.21. The first-order valence-corrected chi connectivity index (χ1v) is 5.63. The molecule has 1 aliphatic rings. The Kier molecular flexibility index (Phi) is 4.72. The van der Waals surface area contributed by atoms with Crippen LogP contribution in [0.5, 0.6) is 0 Å². The van der Waals surface area contributed by atoms with Crippen molar-refractivity contribution in [2.24, 2.45) is 0 Å². The Hall–Kier alpha value is -0.250. The summed E-state index contributed by atoms with van der Waals surface area (Å²) in [5.74, 6) is 0. The van der Waals surface area contributed by atoms with E-state index >= 15 is 0 Å². The first-order valence-electron chi connectivity index (χ1n) is 4.29. The van der Waals surface area contributed by atoms with Crippen molar-refractivity contribution in [3.8, 4) is 0 Å². The summed E-state index contributed by atoms with van der Waals surface area (Å²) in [4.78, 5) is 2.06. The summed E-state index contributed by atoms with van der Waals surface area (Å²) in [6, 6.07) is 0. The predicted octanol–water partition coefficient (Wildman–Crippen LogP) is -1.36. The predicted molar refractivity (Wildman–Crippen MR) is 47.9 cm³/mol. The van der Waals surface area contributed by atoms with Crippen LogP contribution in [0, 0.1) is 0 Å². The smallest absolute Gasteiger partial charge is 0.314 e. The lowest BCUT2D eigenvalue weighted by Crippen LogP contribution is -2.44. The number of piperazine rings is 1. The van der Waals surface area contributed by atoms with Gasteiger partial charge in [-0.1, -0.05) is 4.33 Å². The fourth-order valence-corrected chi connectivity index (χ4v) is 1.55. The average Bonchev–Trinajstić information content (AvgIpc) is 2.19. The van der Waals surface area contributed by atoms with Gasteiger partial charge in [0.25, 0.3) is 0 Å². The minimum atomic E-state index is -4.21. The fraction of sp³-hybridized carbons (Fsp3) is 1.00. The third kappa shape index (κ3) is 4.31. The van der Waals surface area contributed by atoms with Gasteiger partial charge in [-0.15, -0.1) is 0 Å². The number of hydrogen-bond donors (Lipinski definition) is 2. The molecule has 0 aromatic heterocycles. The molecule has 1 rings (SSSR count). The standard InChI is InChI=1S/C6H14N2O5S/c9-13-14(10,11)12-6-5-8-3-1-7-2-4-8/h7,9H,1-6H2. The van der Waals surface area contributed by atoms with E-state index in [4.69, 9.17) is 5.26 Å². The zero-order chi connectivity index (χ0) is 10.4. The van der Waals surface area contributed by atoms with Crippen molar-refractivity contribution in [1.29, 1.82) is 0 Å². The van der Waals surface area contributed by atoms with E-state index in [9.17, 15) is 8.42 Å². The van der Waals surface area contributed by atoms with Crippen LogP contribution in [0.3, 0.4) is 0 Å². The molecule has 14 heavy (non-hydrogen) atoms. The van der Waals surface area contributed by atoms with Crippen LogP contribution in [0.2, 0.25) is 0 Å². The van der Waals surface area contributed by atoms with Crippen molar-refractivity contribution in [2.75, 3.05) is 39.3 Å². The number of rotatable bonds is 5. The Morgan fingerprint density at radius 3 is 2.57 bits per heavy atom. The van der Waals surface area contributed by atoms with E-state index in [2.05, 4.69) is 18.7 Å². The van der Waals surface area contributed by atoms with E-state index in [-0.39, 0.29) is 6.61 Å². The van der Waals surface area contributed by atoms with Gasteiger partial charge in [-0.2, -0.15) is 8.42 Å². The Morgan fingerprint density at radius 1 is 1.36 bits per heavy atom. The molecule has 7 nitrogen and oxygen atoms in total. The van der Waals surface area contributed by atoms with E-state index in [1.807, 2.05) is 0 Å². The van der Waals surface area contributed by atoms with Crippen molar-refractivity contribution in [2.45, 2.75) is 0 Å². The Balaban J connectivity index is 2.14. The number of nitrogens with one attached hydrogen (secondary N) is 1. The molecule has 1 saturated heterocycles. The second-order valence-electron chi connectivity index (χ2n) is 2.90. The first kappa shape index (κ1) is 11.8. The molecule has 1 aliphatic heterocycles. The van der Waals surface area contributed by atoms with Crippen LogP contribution in [-0.2, 0) is 18.9 Å². The van der Waals surface area contributed by atoms with E-state index in [0.29, 0.717) is 6.54 Å². The van der Waals surface area contributed by atoms with Gasteiger partial charge in [0.15, 0.2) is 0 Å². The minimum absolute atomic E-state index is 0.0110. The van der Waals surface area contributed by atoms with Gasteiger partial charge < -0.3 is 5.32 Å². The van der Waals surface area contributed by atoms with Crippen molar-refractivity contribution >= 4 is 10.4 Å². The van der Waals surface area contributed by atoms with Crippen LogP contribution in [0.25, 0.3) is 0 Å². The zero-order valence-electron chi connectivity index (χ0n) is 7.68. The molecule has 8 heteroatoms. The van der Waals surface area contributed by atoms with Gasteiger partial charge in [0.05, 0.1) is 6.61 Å². The van der Waals surface area contributed by atoms with Crippen LogP contribution in [0.15, 0.2) is 0 Å². The maximum atomic E-state index is 10.5. The van der Waals surface area contributed by atoms with Crippen molar-refractivity contribution in [3.05, 3.63) is 0 Å². The van der Waals surface area contributed by atoms with Crippen LogP contribution < -0.4 is 5.32 Å². The molecule has 84 valence electrons. The fourth-order valence-electron chi connectivity index (χ4n) is 1.22. The summed E-state index contributed by atoms with van der Waals surface area (Å²) in [5.41, 5.74) is 0. The summed E-state index contributed by atoms with van der Waals surface area (Å²) >= 11 is 0. The third-order valence-corrected chi connectivity index (χ3v) is 2.57. The summed E-state index contributed by atoms with van der Waals surface area (Å²) in [6.07, 6.45) is 0. The molecular formula is C6H14N2O5S. The lowest BCUT2D eigenvalue weighted by molar-refractivity contribution is -0.142. The number of hydrogen-bond acceptors (Lipinski definition) is 7. The highest BCUT2D eigenvalue weighted by Crippen LogP contribution is 1.96. The Labute approximate surface area is 82.9 Å². The quantitative estimate of drug-likeness (QED) is 0.442. The molecule has 0 radical (unpaired) electrons. The van der Waals surface area contributed by atoms with Gasteiger partial charge >= 0.3 is 10.4 Å². The summed E-state index contributed by atoms with van der Waals surface area (Å²) in [5, 5.41) is 11.1. The highest BCUT2D eigenvalue weighted by Gasteiger charge is 2.13.